The van der Waals surface area contributed by atoms with E-state index in [0.29, 0.717) is 13.2 Å². The van der Waals surface area contributed by atoms with Crippen LogP contribution in [0.5, 0.6) is 11.5 Å². The average molecular weight is 354 g/mol. The Balaban J connectivity index is 1.43. The van der Waals surface area contributed by atoms with Crippen LogP contribution in [0.2, 0.25) is 0 Å². The summed E-state index contributed by atoms with van der Waals surface area (Å²) in [6.07, 6.45) is 8.48. The fraction of sp³-hybridized carbons (Fsp3) is 0.647. The predicted octanol–water partition coefficient (Wildman–Crippen LogP) is 4.28. The van der Waals surface area contributed by atoms with Gasteiger partial charge in [0.1, 0.15) is 13.2 Å². The number of halogens is 1. The number of hydrogen-bond acceptors (Lipinski definition) is 3. The first-order valence-corrected chi connectivity index (χ1v) is 8.91. The molecule has 0 unspecified atom stereocenters. The molecule has 0 aromatic heterocycles. The summed E-state index contributed by atoms with van der Waals surface area (Å²) in [4.78, 5) is 0. The summed E-state index contributed by atoms with van der Waals surface area (Å²) < 4.78 is 12.3. The third-order valence-corrected chi connectivity index (χ3v) is 5.02. The highest BCUT2D eigenvalue weighted by molar-refractivity contribution is 9.10. The molecule has 3 nitrogen and oxygen atoms in total. The van der Waals surface area contributed by atoms with Crippen molar-refractivity contribution in [2.75, 3.05) is 19.8 Å². The summed E-state index contributed by atoms with van der Waals surface area (Å²) in [5.74, 6) is 2.69. The minimum atomic E-state index is 0.629. The van der Waals surface area contributed by atoms with E-state index in [0.717, 1.165) is 35.0 Å². The molecule has 1 aromatic rings. The smallest absolute Gasteiger partial charge is 0.175 e. The molecular formula is C17H24BrNO2. The van der Waals surface area contributed by atoms with Gasteiger partial charge in [0.2, 0.25) is 0 Å². The maximum atomic E-state index is 5.66. The van der Waals surface area contributed by atoms with E-state index < -0.39 is 0 Å². The molecule has 1 saturated carbocycles. The zero-order valence-corrected chi connectivity index (χ0v) is 14.1. The van der Waals surface area contributed by atoms with Crippen LogP contribution in [-0.4, -0.2) is 19.8 Å². The van der Waals surface area contributed by atoms with E-state index >= 15 is 0 Å². The molecule has 1 fully saturated rings. The second kappa shape index (κ2) is 7.50. The fourth-order valence-corrected chi connectivity index (χ4v) is 3.92. The fourth-order valence-electron chi connectivity index (χ4n) is 3.31. The molecule has 1 heterocycles. The van der Waals surface area contributed by atoms with Crippen LogP contribution >= 0.6 is 15.9 Å². The Morgan fingerprint density at radius 2 is 1.95 bits per heavy atom. The lowest BCUT2D eigenvalue weighted by molar-refractivity contribution is 0.170. The van der Waals surface area contributed by atoms with Gasteiger partial charge in [0.25, 0.3) is 0 Å². The maximum absolute atomic E-state index is 5.66. The zero-order valence-electron chi connectivity index (χ0n) is 12.5. The topological polar surface area (TPSA) is 30.5 Å². The van der Waals surface area contributed by atoms with Crippen LogP contribution in [0.3, 0.4) is 0 Å². The first kappa shape index (κ1) is 15.2. The summed E-state index contributed by atoms with van der Waals surface area (Å²) >= 11 is 3.57. The molecule has 2 aliphatic rings. The Morgan fingerprint density at radius 3 is 2.81 bits per heavy atom. The van der Waals surface area contributed by atoms with Gasteiger partial charge in [0, 0.05) is 6.54 Å². The summed E-state index contributed by atoms with van der Waals surface area (Å²) in [5, 5.41) is 3.54. The van der Waals surface area contributed by atoms with E-state index in [1.165, 1.54) is 44.1 Å². The average Bonchev–Trinajstić information content (AvgIpc) is 3.00. The number of fused-ring (bicyclic) bond motifs is 1. The van der Waals surface area contributed by atoms with Crippen LogP contribution in [0.25, 0.3) is 0 Å². The lowest BCUT2D eigenvalue weighted by atomic mass is 10.0. The molecule has 1 aliphatic carbocycles. The highest BCUT2D eigenvalue weighted by atomic mass is 79.9. The minimum Gasteiger partial charge on any atom is -0.486 e. The Labute approximate surface area is 135 Å². The van der Waals surface area contributed by atoms with Gasteiger partial charge in [-0.2, -0.15) is 0 Å². The largest absolute Gasteiger partial charge is 0.486 e. The van der Waals surface area contributed by atoms with Gasteiger partial charge in [-0.05, 0) is 58.9 Å². The number of hydrogen-bond donors (Lipinski definition) is 1. The van der Waals surface area contributed by atoms with Crippen molar-refractivity contribution in [2.24, 2.45) is 5.92 Å². The SMILES string of the molecule is Brc1cc(CNCCCC2CCCC2)cc2c1OCCO2. The van der Waals surface area contributed by atoms with Crippen LogP contribution in [-0.2, 0) is 6.54 Å². The van der Waals surface area contributed by atoms with E-state index in [2.05, 4.69) is 33.4 Å². The van der Waals surface area contributed by atoms with Crippen molar-refractivity contribution in [1.82, 2.24) is 5.32 Å². The molecule has 0 saturated heterocycles. The molecule has 116 valence electrons. The predicted molar refractivity (Wildman–Crippen MR) is 88.0 cm³/mol. The van der Waals surface area contributed by atoms with Gasteiger partial charge >= 0.3 is 0 Å². The third kappa shape index (κ3) is 4.13. The number of nitrogens with one attached hydrogen (secondary N) is 1. The van der Waals surface area contributed by atoms with Crippen LogP contribution in [0.15, 0.2) is 16.6 Å². The molecule has 21 heavy (non-hydrogen) atoms. The molecule has 1 aromatic carbocycles. The van der Waals surface area contributed by atoms with Gasteiger partial charge in [-0.25, -0.2) is 0 Å². The highest BCUT2D eigenvalue weighted by Gasteiger charge is 2.16. The third-order valence-electron chi connectivity index (χ3n) is 4.43. The Hall–Kier alpha value is -0.740. The highest BCUT2D eigenvalue weighted by Crippen LogP contribution is 2.38. The molecule has 4 heteroatoms. The second-order valence-electron chi connectivity index (χ2n) is 6.07. The molecule has 1 aliphatic heterocycles. The zero-order chi connectivity index (χ0) is 14.5. The monoisotopic (exact) mass is 353 g/mol. The summed E-state index contributed by atoms with van der Waals surface area (Å²) in [6, 6.07) is 4.21. The molecule has 3 rings (SSSR count). The molecule has 0 radical (unpaired) electrons. The van der Waals surface area contributed by atoms with Crippen LogP contribution in [0.1, 0.15) is 44.1 Å². The number of ether oxygens (including phenoxy) is 2. The first-order chi connectivity index (χ1) is 10.3. The molecule has 0 amide bonds. The van der Waals surface area contributed by atoms with Crippen LogP contribution < -0.4 is 14.8 Å². The molecular weight excluding hydrogens is 330 g/mol. The van der Waals surface area contributed by atoms with Gasteiger partial charge in [-0.1, -0.05) is 25.7 Å². The molecule has 1 N–H and O–H groups in total. The summed E-state index contributed by atoms with van der Waals surface area (Å²) in [7, 11) is 0. The van der Waals surface area contributed by atoms with Crippen molar-refractivity contribution in [2.45, 2.75) is 45.1 Å². The second-order valence-corrected chi connectivity index (χ2v) is 6.93. The maximum Gasteiger partial charge on any atom is 0.175 e. The lowest BCUT2D eigenvalue weighted by Crippen LogP contribution is -2.18. The van der Waals surface area contributed by atoms with Crippen LogP contribution in [0, 0.1) is 5.92 Å². The van der Waals surface area contributed by atoms with Crippen LogP contribution in [0.4, 0.5) is 0 Å². The first-order valence-electron chi connectivity index (χ1n) is 8.11. The number of benzene rings is 1. The molecule has 0 spiro atoms. The lowest BCUT2D eigenvalue weighted by Gasteiger charge is -2.20. The van der Waals surface area contributed by atoms with Gasteiger partial charge in [0.05, 0.1) is 4.47 Å². The Kier molecular flexibility index (Phi) is 5.42. The normalized spacial score (nSPS) is 18.1. The van der Waals surface area contributed by atoms with Crippen molar-refractivity contribution < 1.29 is 9.47 Å². The minimum absolute atomic E-state index is 0.629. The molecule has 0 atom stereocenters. The van der Waals surface area contributed by atoms with E-state index in [9.17, 15) is 0 Å². The van der Waals surface area contributed by atoms with Crippen molar-refractivity contribution in [3.8, 4) is 11.5 Å². The number of rotatable bonds is 6. The van der Waals surface area contributed by atoms with E-state index in [-0.39, 0.29) is 0 Å². The van der Waals surface area contributed by atoms with Gasteiger partial charge < -0.3 is 14.8 Å². The van der Waals surface area contributed by atoms with Gasteiger partial charge in [0.15, 0.2) is 11.5 Å². The van der Waals surface area contributed by atoms with Crippen molar-refractivity contribution in [3.63, 3.8) is 0 Å². The van der Waals surface area contributed by atoms with Crippen molar-refractivity contribution >= 4 is 15.9 Å². The van der Waals surface area contributed by atoms with Gasteiger partial charge in [-0.3, -0.25) is 0 Å². The Bertz CT molecular complexity index is 472. The Morgan fingerprint density at radius 1 is 1.14 bits per heavy atom. The van der Waals surface area contributed by atoms with E-state index in [1.807, 2.05) is 0 Å². The van der Waals surface area contributed by atoms with Crippen molar-refractivity contribution in [1.29, 1.82) is 0 Å². The van der Waals surface area contributed by atoms with E-state index in [4.69, 9.17) is 9.47 Å². The van der Waals surface area contributed by atoms with E-state index in [1.54, 1.807) is 0 Å². The summed E-state index contributed by atoms with van der Waals surface area (Å²) in [5.41, 5.74) is 1.24. The quantitative estimate of drug-likeness (QED) is 0.774. The van der Waals surface area contributed by atoms with Gasteiger partial charge in [-0.15, -0.1) is 0 Å². The standard InChI is InChI=1S/C17H24BrNO2/c18-15-10-14(11-16-17(15)21-9-8-20-16)12-19-7-3-6-13-4-1-2-5-13/h10-11,13,19H,1-9,12H2. The van der Waals surface area contributed by atoms with Crippen molar-refractivity contribution in [3.05, 3.63) is 22.2 Å². The molecule has 0 bridgehead atoms. The summed E-state index contributed by atoms with van der Waals surface area (Å²) in [6.45, 7) is 3.25.